The fraction of sp³-hybridized carbons (Fsp3) is 0.929. The molecule has 0 aromatic rings. The van der Waals surface area contributed by atoms with Crippen molar-refractivity contribution >= 4 is 11.5 Å². The maximum Gasteiger partial charge on any atom is 0.236 e. The molecular formula is C28H54N6O2. The van der Waals surface area contributed by atoms with Crippen LogP contribution in [0.3, 0.4) is 0 Å². The molecule has 0 aromatic heterocycles. The molecule has 3 fully saturated rings. The van der Waals surface area contributed by atoms with Crippen molar-refractivity contribution in [3.8, 4) is 0 Å². The smallest absolute Gasteiger partial charge is 0.236 e. The Morgan fingerprint density at radius 2 is 1.33 bits per heavy atom. The van der Waals surface area contributed by atoms with E-state index in [2.05, 4.69) is 87.0 Å². The summed E-state index contributed by atoms with van der Waals surface area (Å²) >= 11 is 0. The van der Waals surface area contributed by atoms with Crippen molar-refractivity contribution in [1.82, 2.24) is 26.6 Å². The highest BCUT2D eigenvalue weighted by Crippen LogP contribution is 2.22. The van der Waals surface area contributed by atoms with Gasteiger partial charge in [0.2, 0.25) is 11.5 Å². The first-order valence-electron chi connectivity index (χ1n) is 14.1. The van der Waals surface area contributed by atoms with Crippen LogP contribution in [0, 0.1) is 10.8 Å². The van der Waals surface area contributed by atoms with Gasteiger partial charge in [-0.1, -0.05) is 27.7 Å². The lowest BCUT2D eigenvalue weighted by Crippen LogP contribution is -2.89. The van der Waals surface area contributed by atoms with Crippen molar-refractivity contribution in [2.45, 2.75) is 116 Å². The Kier molecular flexibility index (Phi) is 9.44. The average Bonchev–Trinajstić information content (AvgIpc) is 2.75. The van der Waals surface area contributed by atoms with Gasteiger partial charge in [0.05, 0.1) is 6.04 Å². The van der Waals surface area contributed by atoms with Gasteiger partial charge in [0.15, 0.2) is 0 Å². The lowest BCUT2D eigenvalue weighted by atomic mass is 9.82. The summed E-state index contributed by atoms with van der Waals surface area (Å²) in [7, 11) is 0. The third kappa shape index (κ3) is 8.57. The van der Waals surface area contributed by atoms with Crippen LogP contribution in [0.2, 0.25) is 0 Å². The highest BCUT2D eigenvalue weighted by atomic mass is 16.3. The van der Waals surface area contributed by atoms with Crippen LogP contribution < -0.4 is 36.7 Å². The molecule has 1 aliphatic carbocycles. The number of nitrogens with one attached hydrogen (secondary N) is 6. The Labute approximate surface area is 219 Å². The lowest BCUT2D eigenvalue weighted by molar-refractivity contribution is -0.497. The molecule has 2 saturated heterocycles. The van der Waals surface area contributed by atoms with Gasteiger partial charge in [0.25, 0.3) is 0 Å². The molecule has 8 heteroatoms. The van der Waals surface area contributed by atoms with E-state index in [0.717, 1.165) is 51.9 Å². The fourth-order valence-corrected chi connectivity index (χ4v) is 5.69. The van der Waals surface area contributed by atoms with Gasteiger partial charge in [-0.25, -0.2) is 4.99 Å². The average molecular weight is 507 g/mol. The second kappa shape index (κ2) is 11.5. The quantitative estimate of drug-likeness (QED) is 0.215. The molecule has 4 unspecified atom stereocenters. The first-order chi connectivity index (χ1) is 16.6. The summed E-state index contributed by atoms with van der Waals surface area (Å²) in [5, 5.41) is 30.6. The standard InChI is InChI=1S/C28H53N6O2/c1-25(2,15-29-19-9-11-33-27(5,6)13-19)17-31-21-23(35)22(24(21)36)32-18-26(3,4)16-30-20-10-12-34-28(7,8)14-20/h19-21,23,29-31,33-34H,9-18H2,1-8H3/q-1/p+1. The monoisotopic (exact) mass is 506 g/mol. The molecule has 0 spiro atoms. The Hall–Kier alpha value is -0.900. The van der Waals surface area contributed by atoms with Gasteiger partial charge in [-0.15, -0.1) is 0 Å². The SMILES string of the molecule is CC(C)(CNC1CCNC(C)(C)C1)CNC1C(=O)C(=[NH+]CC(C)(C)CNC2CCNC(C)(C)C2)C1[O-]. The third-order valence-corrected chi connectivity index (χ3v) is 8.14. The van der Waals surface area contributed by atoms with Crippen LogP contribution in [0.5, 0.6) is 0 Å². The summed E-state index contributed by atoms with van der Waals surface area (Å²) in [4.78, 5) is 16.0. The summed E-state index contributed by atoms with van der Waals surface area (Å²) in [6.45, 7) is 22.7. The second-order valence-electron chi connectivity index (χ2n) is 14.5. The van der Waals surface area contributed by atoms with Crippen molar-refractivity contribution in [2.75, 3.05) is 39.3 Å². The van der Waals surface area contributed by atoms with E-state index in [9.17, 15) is 9.90 Å². The van der Waals surface area contributed by atoms with Gasteiger partial charge >= 0.3 is 0 Å². The van der Waals surface area contributed by atoms with E-state index >= 15 is 0 Å². The summed E-state index contributed by atoms with van der Waals surface area (Å²) in [5.41, 5.74) is 0.572. The van der Waals surface area contributed by atoms with Crippen LogP contribution >= 0.6 is 0 Å². The number of carbonyl (C=O) groups excluding carboxylic acids is 1. The summed E-state index contributed by atoms with van der Waals surface area (Å²) in [5.74, 6) is -0.0669. The van der Waals surface area contributed by atoms with Crippen LogP contribution in [-0.2, 0) is 4.79 Å². The number of piperidine rings is 2. The van der Waals surface area contributed by atoms with E-state index in [4.69, 9.17) is 0 Å². The topological polar surface area (TPSA) is 114 Å². The summed E-state index contributed by atoms with van der Waals surface area (Å²) in [6, 6.07) is 0.377. The van der Waals surface area contributed by atoms with Gasteiger partial charge in [0.1, 0.15) is 6.54 Å². The molecule has 2 heterocycles. The zero-order valence-corrected chi connectivity index (χ0v) is 24.2. The predicted octanol–water partition coefficient (Wildman–Crippen LogP) is -0.929. The zero-order valence-electron chi connectivity index (χ0n) is 24.2. The van der Waals surface area contributed by atoms with Gasteiger partial charge in [-0.2, -0.15) is 0 Å². The summed E-state index contributed by atoms with van der Waals surface area (Å²) in [6.07, 6.45) is 3.44. The minimum atomic E-state index is -1.01. The second-order valence-corrected chi connectivity index (χ2v) is 14.5. The molecule has 36 heavy (non-hydrogen) atoms. The zero-order chi connectivity index (χ0) is 26.8. The van der Waals surface area contributed by atoms with E-state index in [1.165, 1.54) is 0 Å². The maximum absolute atomic E-state index is 12.8. The number of rotatable bonds is 11. The van der Waals surface area contributed by atoms with Gasteiger partial charge < -0.3 is 31.7 Å². The van der Waals surface area contributed by atoms with Crippen LogP contribution in [0.4, 0.5) is 0 Å². The van der Waals surface area contributed by atoms with E-state index in [0.29, 0.717) is 30.9 Å². The van der Waals surface area contributed by atoms with Crippen LogP contribution in [0.15, 0.2) is 0 Å². The maximum atomic E-state index is 12.8. The first-order valence-corrected chi connectivity index (χ1v) is 14.1. The number of Topliss-reactive ketones (excluding diaryl/α,β-unsaturated/α-hetero) is 1. The highest BCUT2D eigenvalue weighted by molar-refractivity contribution is 6.48. The highest BCUT2D eigenvalue weighted by Gasteiger charge is 2.45. The van der Waals surface area contributed by atoms with E-state index < -0.39 is 12.1 Å². The Morgan fingerprint density at radius 1 is 0.861 bits per heavy atom. The largest absolute Gasteiger partial charge is 0.843 e. The molecule has 6 N–H and O–H groups in total. The Morgan fingerprint density at radius 3 is 1.81 bits per heavy atom. The molecule has 8 nitrogen and oxygen atoms in total. The van der Waals surface area contributed by atoms with Crippen LogP contribution in [-0.4, -0.2) is 86.1 Å². The molecule has 0 radical (unpaired) electrons. The minimum absolute atomic E-state index is 0.0466. The number of carbonyl (C=O) groups is 1. The molecule has 0 amide bonds. The summed E-state index contributed by atoms with van der Waals surface area (Å²) < 4.78 is 0. The molecule has 1 saturated carbocycles. The van der Waals surface area contributed by atoms with Gasteiger partial charge in [-0.3, -0.25) is 4.79 Å². The normalized spacial score (nSPS) is 31.9. The molecular weight excluding hydrogens is 452 g/mol. The number of hydrogen-bond donors (Lipinski definition) is 6. The molecule has 208 valence electrons. The van der Waals surface area contributed by atoms with Crippen LogP contribution in [0.1, 0.15) is 81.1 Å². The van der Waals surface area contributed by atoms with Gasteiger partial charge in [-0.05, 0) is 78.0 Å². The van der Waals surface area contributed by atoms with Crippen molar-refractivity contribution < 1.29 is 14.9 Å². The van der Waals surface area contributed by atoms with E-state index in [-0.39, 0.29) is 27.7 Å². The predicted molar refractivity (Wildman–Crippen MR) is 145 cm³/mol. The van der Waals surface area contributed by atoms with E-state index in [1.807, 2.05) is 0 Å². The molecule has 2 aliphatic heterocycles. The van der Waals surface area contributed by atoms with Crippen molar-refractivity contribution in [3.05, 3.63) is 0 Å². The lowest BCUT2D eigenvalue weighted by Gasteiger charge is -2.41. The van der Waals surface area contributed by atoms with Gasteiger partial charge in [0, 0.05) is 48.2 Å². The molecule has 3 aliphatic rings. The Bertz CT molecular complexity index is 791. The fourth-order valence-electron chi connectivity index (χ4n) is 5.69. The van der Waals surface area contributed by atoms with Crippen molar-refractivity contribution in [2.24, 2.45) is 10.8 Å². The van der Waals surface area contributed by atoms with Crippen molar-refractivity contribution in [3.63, 3.8) is 0 Å². The minimum Gasteiger partial charge on any atom is -0.843 e. The Balaban J connectivity index is 1.40. The molecule has 4 atom stereocenters. The van der Waals surface area contributed by atoms with Crippen molar-refractivity contribution in [1.29, 1.82) is 0 Å². The first kappa shape index (κ1) is 29.7. The van der Waals surface area contributed by atoms with Crippen LogP contribution in [0.25, 0.3) is 0 Å². The molecule has 0 bridgehead atoms. The number of ketones is 1. The molecule has 0 aromatic carbocycles. The third-order valence-electron chi connectivity index (χ3n) is 8.14. The van der Waals surface area contributed by atoms with E-state index in [1.54, 1.807) is 0 Å². The molecule has 3 rings (SSSR count). The number of hydrogen-bond acceptors (Lipinski definition) is 7.